The van der Waals surface area contributed by atoms with Crippen molar-refractivity contribution in [3.63, 3.8) is 0 Å². The van der Waals surface area contributed by atoms with Crippen LogP contribution in [0.5, 0.6) is 0 Å². The minimum Gasteiger partial charge on any atom is -0.296 e. The molecule has 0 saturated carbocycles. The van der Waals surface area contributed by atoms with Crippen LogP contribution in [-0.2, 0) is 16.0 Å². The van der Waals surface area contributed by atoms with Gasteiger partial charge >= 0.3 is 0 Å². The lowest BCUT2D eigenvalue weighted by molar-refractivity contribution is -0.384. The zero-order valence-corrected chi connectivity index (χ0v) is 10.3. The van der Waals surface area contributed by atoms with Gasteiger partial charge in [0.25, 0.3) is 5.69 Å². The molecule has 1 N–H and O–H groups in total. The van der Waals surface area contributed by atoms with E-state index in [0.717, 1.165) is 5.56 Å². The summed E-state index contributed by atoms with van der Waals surface area (Å²) in [6.07, 6.45) is 2.29. The minimum atomic E-state index is -0.441. The Bertz CT molecular complexity index is 510. The lowest BCUT2D eigenvalue weighted by Crippen LogP contribution is -2.40. The van der Waals surface area contributed by atoms with Crippen LogP contribution in [0.2, 0.25) is 0 Å². The summed E-state index contributed by atoms with van der Waals surface area (Å²) in [6, 6.07) is 6.31. The Morgan fingerprint density at radius 2 is 1.95 bits per heavy atom. The molecule has 0 radical (unpaired) electrons. The van der Waals surface area contributed by atoms with Gasteiger partial charge in [0.05, 0.1) is 4.92 Å². The first-order valence-corrected chi connectivity index (χ1v) is 6.13. The number of imide groups is 1. The first kappa shape index (κ1) is 13.2. The van der Waals surface area contributed by atoms with E-state index >= 15 is 0 Å². The number of hydrogen-bond acceptors (Lipinski definition) is 4. The van der Waals surface area contributed by atoms with E-state index < -0.39 is 4.92 Å². The van der Waals surface area contributed by atoms with Gasteiger partial charge in [-0.15, -0.1) is 0 Å². The maximum absolute atomic E-state index is 11.5. The summed E-state index contributed by atoms with van der Waals surface area (Å²) in [5, 5.41) is 12.8. The van der Waals surface area contributed by atoms with Crippen molar-refractivity contribution in [1.29, 1.82) is 0 Å². The van der Waals surface area contributed by atoms with Gasteiger partial charge in [-0.25, -0.2) is 0 Å². The largest absolute Gasteiger partial charge is 0.296 e. The van der Waals surface area contributed by atoms with Crippen LogP contribution in [0.15, 0.2) is 24.3 Å². The van der Waals surface area contributed by atoms with Crippen LogP contribution in [0.1, 0.15) is 24.8 Å². The SMILES string of the molecule is O=C1CCC(CCc2ccc([N+](=O)[O-])cc2)C(=O)N1. The third kappa shape index (κ3) is 3.37. The fourth-order valence-electron chi connectivity index (χ4n) is 2.14. The van der Waals surface area contributed by atoms with Crippen LogP contribution >= 0.6 is 0 Å². The smallest absolute Gasteiger partial charge is 0.269 e. The second-order valence-electron chi connectivity index (χ2n) is 4.61. The topological polar surface area (TPSA) is 89.3 Å². The number of non-ortho nitro benzene ring substituents is 1. The summed E-state index contributed by atoms with van der Waals surface area (Å²) >= 11 is 0. The van der Waals surface area contributed by atoms with Crippen molar-refractivity contribution >= 4 is 17.5 Å². The van der Waals surface area contributed by atoms with Gasteiger partial charge in [0, 0.05) is 24.5 Å². The lowest BCUT2D eigenvalue weighted by Gasteiger charge is -2.20. The predicted octanol–water partition coefficient (Wildman–Crippen LogP) is 1.58. The number of carbonyl (C=O) groups is 2. The highest BCUT2D eigenvalue weighted by molar-refractivity contribution is 5.98. The van der Waals surface area contributed by atoms with Gasteiger partial charge in [-0.1, -0.05) is 12.1 Å². The highest BCUT2D eigenvalue weighted by Crippen LogP contribution is 2.20. The molecule has 1 aliphatic heterocycles. The molecule has 0 spiro atoms. The number of nitrogens with zero attached hydrogens (tertiary/aromatic N) is 1. The molecule has 1 unspecified atom stereocenters. The number of benzene rings is 1. The number of aryl methyl sites for hydroxylation is 1. The Labute approximate surface area is 110 Å². The zero-order valence-electron chi connectivity index (χ0n) is 10.3. The number of hydrogen-bond donors (Lipinski definition) is 1. The van der Waals surface area contributed by atoms with Crippen molar-refractivity contribution in [1.82, 2.24) is 5.32 Å². The second-order valence-corrected chi connectivity index (χ2v) is 4.61. The molecule has 6 nitrogen and oxygen atoms in total. The molecule has 1 saturated heterocycles. The van der Waals surface area contributed by atoms with E-state index in [9.17, 15) is 19.7 Å². The van der Waals surface area contributed by atoms with Crippen LogP contribution in [0, 0.1) is 16.0 Å². The molecule has 6 heteroatoms. The number of rotatable bonds is 4. The molecule has 1 heterocycles. The molecule has 1 aromatic carbocycles. The molecule has 1 atom stereocenters. The molecule has 100 valence electrons. The third-order valence-corrected chi connectivity index (χ3v) is 3.28. The van der Waals surface area contributed by atoms with Crippen LogP contribution < -0.4 is 5.32 Å². The maximum atomic E-state index is 11.5. The second kappa shape index (κ2) is 5.60. The van der Waals surface area contributed by atoms with E-state index in [1.807, 2.05) is 0 Å². The highest BCUT2D eigenvalue weighted by atomic mass is 16.6. The molecule has 2 amide bonds. The van der Waals surface area contributed by atoms with Gasteiger partial charge in [-0.3, -0.25) is 25.0 Å². The highest BCUT2D eigenvalue weighted by Gasteiger charge is 2.25. The predicted molar refractivity (Wildman–Crippen MR) is 67.3 cm³/mol. The lowest BCUT2D eigenvalue weighted by atomic mass is 9.91. The Morgan fingerprint density at radius 1 is 1.26 bits per heavy atom. The molecular weight excluding hydrogens is 248 g/mol. The van der Waals surface area contributed by atoms with Gasteiger partial charge in [-0.05, 0) is 24.8 Å². The molecule has 1 fully saturated rings. The van der Waals surface area contributed by atoms with Crippen molar-refractivity contribution in [2.75, 3.05) is 0 Å². The summed E-state index contributed by atoms with van der Waals surface area (Å²) in [4.78, 5) is 32.6. The van der Waals surface area contributed by atoms with Gasteiger partial charge < -0.3 is 0 Å². The molecule has 0 bridgehead atoms. The van der Waals surface area contributed by atoms with E-state index in [2.05, 4.69) is 5.32 Å². The van der Waals surface area contributed by atoms with Crippen LogP contribution in [-0.4, -0.2) is 16.7 Å². The van der Waals surface area contributed by atoms with Crippen molar-refractivity contribution in [2.24, 2.45) is 5.92 Å². The quantitative estimate of drug-likeness (QED) is 0.506. The Morgan fingerprint density at radius 3 is 2.53 bits per heavy atom. The van der Waals surface area contributed by atoms with Gasteiger partial charge in [0.15, 0.2) is 0 Å². The van der Waals surface area contributed by atoms with Crippen molar-refractivity contribution in [3.8, 4) is 0 Å². The monoisotopic (exact) mass is 262 g/mol. The maximum Gasteiger partial charge on any atom is 0.269 e. The van der Waals surface area contributed by atoms with E-state index in [4.69, 9.17) is 0 Å². The summed E-state index contributed by atoms with van der Waals surface area (Å²) in [5.74, 6) is -0.567. The Balaban J connectivity index is 1.90. The van der Waals surface area contributed by atoms with Gasteiger partial charge in [0.2, 0.25) is 11.8 Å². The van der Waals surface area contributed by atoms with Gasteiger partial charge in [-0.2, -0.15) is 0 Å². The summed E-state index contributed by atoms with van der Waals surface area (Å²) in [5.41, 5.74) is 1.01. The number of carbonyl (C=O) groups excluding carboxylic acids is 2. The molecule has 2 rings (SSSR count). The fourth-order valence-corrected chi connectivity index (χ4v) is 2.14. The molecule has 1 aliphatic rings. The van der Waals surface area contributed by atoms with Gasteiger partial charge in [0.1, 0.15) is 0 Å². The summed E-state index contributed by atoms with van der Waals surface area (Å²) < 4.78 is 0. The average Bonchev–Trinajstić information content (AvgIpc) is 2.38. The van der Waals surface area contributed by atoms with Crippen molar-refractivity contribution < 1.29 is 14.5 Å². The first-order chi connectivity index (χ1) is 9.06. The van der Waals surface area contributed by atoms with E-state index in [1.165, 1.54) is 12.1 Å². The molecule has 0 aliphatic carbocycles. The molecular formula is C13H14N2O4. The van der Waals surface area contributed by atoms with E-state index in [0.29, 0.717) is 25.7 Å². The minimum absolute atomic E-state index is 0.0600. The molecule has 1 aromatic rings. The standard InChI is InChI=1S/C13H14N2O4/c16-12-8-5-10(13(17)14-12)4-1-9-2-6-11(7-3-9)15(18)19/h2-3,6-7,10H,1,4-5,8H2,(H,14,16,17). The average molecular weight is 262 g/mol. The number of nitro groups is 1. The Kier molecular flexibility index (Phi) is 3.89. The normalized spacial score (nSPS) is 19.1. The van der Waals surface area contributed by atoms with Crippen LogP contribution in [0.4, 0.5) is 5.69 Å². The van der Waals surface area contributed by atoms with E-state index in [-0.39, 0.29) is 23.4 Å². The number of amides is 2. The van der Waals surface area contributed by atoms with Crippen LogP contribution in [0.25, 0.3) is 0 Å². The first-order valence-electron chi connectivity index (χ1n) is 6.13. The fraction of sp³-hybridized carbons (Fsp3) is 0.385. The summed E-state index contributed by atoms with van der Waals surface area (Å²) in [7, 11) is 0. The summed E-state index contributed by atoms with van der Waals surface area (Å²) in [6.45, 7) is 0. The van der Waals surface area contributed by atoms with E-state index in [1.54, 1.807) is 12.1 Å². The number of nitrogens with one attached hydrogen (secondary N) is 1. The Hall–Kier alpha value is -2.24. The molecule has 0 aromatic heterocycles. The number of piperidine rings is 1. The van der Waals surface area contributed by atoms with Crippen LogP contribution in [0.3, 0.4) is 0 Å². The van der Waals surface area contributed by atoms with Crippen molar-refractivity contribution in [3.05, 3.63) is 39.9 Å². The molecule has 19 heavy (non-hydrogen) atoms. The third-order valence-electron chi connectivity index (χ3n) is 3.28. The zero-order chi connectivity index (χ0) is 13.8. The van der Waals surface area contributed by atoms with Crippen molar-refractivity contribution in [2.45, 2.75) is 25.7 Å². The number of nitro benzene ring substituents is 1.